The third kappa shape index (κ3) is 30.8. The molecule has 414 valence electrons. The first-order valence-electron chi connectivity index (χ1n) is 28.8. The van der Waals surface area contributed by atoms with E-state index in [9.17, 15) is 40.5 Å². The maximum absolute atomic E-state index is 13.0. The van der Waals surface area contributed by atoms with Crippen LogP contribution in [0.1, 0.15) is 239 Å². The number of carbonyl (C=O) groups is 1. The Kier molecular flexibility index (Phi) is 40.8. The summed E-state index contributed by atoms with van der Waals surface area (Å²) in [4.78, 5) is 13.0. The minimum atomic E-state index is -1.70. The number of allylic oxidation sites excluding steroid dienone is 2. The molecule has 0 aromatic rings. The normalized spacial score (nSPS) is 25.5. The van der Waals surface area contributed by atoms with Crippen LogP contribution in [0.4, 0.5) is 0 Å². The number of esters is 1. The number of aliphatic hydroxyl groups is 7. The monoisotopic (exact) mass is 1000 g/mol. The highest BCUT2D eigenvalue weighted by Crippen LogP contribution is 2.27. The van der Waals surface area contributed by atoms with E-state index in [4.69, 9.17) is 28.4 Å². The molecule has 7 N–H and O–H groups in total. The van der Waals surface area contributed by atoms with Gasteiger partial charge in [-0.25, -0.2) is 0 Å². The van der Waals surface area contributed by atoms with Crippen LogP contribution in [0.15, 0.2) is 12.2 Å². The molecule has 70 heavy (non-hydrogen) atoms. The van der Waals surface area contributed by atoms with Crippen molar-refractivity contribution in [1.82, 2.24) is 0 Å². The van der Waals surface area contributed by atoms with Gasteiger partial charge in [0.25, 0.3) is 0 Å². The molecule has 11 atom stereocenters. The molecular formula is C56H106O14. The molecule has 14 heteroatoms. The van der Waals surface area contributed by atoms with Crippen molar-refractivity contribution in [2.24, 2.45) is 0 Å². The summed E-state index contributed by atoms with van der Waals surface area (Å²) in [5.41, 5.74) is 0. The van der Waals surface area contributed by atoms with E-state index in [0.717, 1.165) is 57.8 Å². The summed E-state index contributed by atoms with van der Waals surface area (Å²) in [6.07, 6.45) is 31.5. The molecule has 0 amide bonds. The zero-order chi connectivity index (χ0) is 50.9. The number of aliphatic hydroxyl groups excluding tert-OH is 7. The molecule has 2 rings (SSSR count). The Balaban J connectivity index is 1.67. The summed E-state index contributed by atoms with van der Waals surface area (Å²) in [7, 11) is 0. The number of hydrogen-bond acceptors (Lipinski definition) is 14. The average Bonchev–Trinajstić information content (AvgIpc) is 3.36. The number of rotatable bonds is 47. The summed E-state index contributed by atoms with van der Waals surface area (Å²) in [6, 6.07) is 0. The van der Waals surface area contributed by atoms with Crippen molar-refractivity contribution in [3.05, 3.63) is 12.2 Å². The van der Waals surface area contributed by atoms with Crippen molar-refractivity contribution in [3.8, 4) is 0 Å². The molecule has 14 nitrogen and oxygen atoms in total. The third-order valence-corrected chi connectivity index (χ3v) is 14.0. The Morgan fingerprint density at radius 1 is 0.457 bits per heavy atom. The van der Waals surface area contributed by atoms with Gasteiger partial charge in [0.05, 0.1) is 26.4 Å². The quantitative estimate of drug-likeness (QED) is 0.0172. The lowest BCUT2D eigenvalue weighted by atomic mass is 9.98. The first-order chi connectivity index (χ1) is 34.1. The fourth-order valence-electron chi connectivity index (χ4n) is 9.34. The first kappa shape index (κ1) is 64.8. The van der Waals surface area contributed by atoms with Crippen molar-refractivity contribution in [1.29, 1.82) is 0 Å². The molecule has 0 spiro atoms. The Bertz CT molecular complexity index is 1210. The van der Waals surface area contributed by atoms with Gasteiger partial charge < -0.3 is 64.2 Å². The smallest absolute Gasteiger partial charge is 0.306 e. The zero-order valence-corrected chi connectivity index (χ0v) is 44.3. The topological polar surface area (TPSA) is 214 Å². The number of carbonyl (C=O) groups excluding carboxylic acids is 1. The maximum atomic E-state index is 13.0. The molecule has 2 aliphatic rings. The van der Waals surface area contributed by atoms with E-state index in [1.807, 2.05) is 0 Å². The molecule has 0 aliphatic carbocycles. The third-order valence-electron chi connectivity index (χ3n) is 14.0. The van der Waals surface area contributed by atoms with Crippen molar-refractivity contribution in [3.63, 3.8) is 0 Å². The fourth-order valence-corrected chi connectivity index (χ4v) is 9.34. The molecular weight excluding hydrogens is 897 g/mol. The second kappa shape index (κ2) is 44.1. The molecule has 2 saturated heterocycles. The van der Waals surface area contributed by atoms with E-state index in [0.29, 0.717) is 13.0 Å². The molecule has 0 aromatic heterocycles. The summed E-state index contributed by atoms with van der Waals surface area (Å²) in [5, 5.41) is 72.2. The second-order valence-corrected chi connectivity index (χ2v) is 20.5. The van der Waals surface area contributed by atoms with Gasteiger partial charge >= 0.3 is 5.97 Å². The van der Waals surface area contributed by atoms with Gasteiger partial charge in [-0.3, -0.25) is 4.79 Å². The van der Waals surface area contributed by atoms with Gasteiger partial charge in [-0.1, -0.05) is 206 Å². The predicted molar refractivity (Wildman–Crippen MR) is 275 cm³/mol. The van der Waals surface area contributed by atoms with Gasteiger partial charge in [-0.05, 0) is 38.5 Å². The van der Waals surface area contributed by atoms with Crippen LogP contribution in [0.5, 0.6) is 0 Å². The van der Waals surface area contributed by atoms with Crippen LogP contribution in [0.25, 0.3) is 0 Å². The van der Waals surface area contributed by atoms with Gasteiger partial charge in [-0.2, -0.15) is 0 Å². The molecule has 11 unspecified atom stereocenters. The van der Waals surface area contributed by atoms with E-state index in [-0.39, 0.29) is 25.6 Å². The highest BCUT2D eigenvalue weighted by Gasteiger charge is 2.47. The van der Waals surface area contributed by atoms with E-state index in [1.165, 1.54) is 154 Å². The van der Waals surface area contributed by atoms with Crippen LogP contribution in [-0.4, -0.2) is 142 Å². The number of ether oxygens (including phenoxy) is 6. The highest BCUT2D eigenvalue weighted by atomic mass is 16.7. The SMILES string of the molecule is CCCCC/C=C\CCCCCCCC(=O)OC(COCCCCCCCCCCCCCCCCCCCCCCCCCC)COC1OC(COC2OC(CO)C(O)C(O)C2O)C(O)C(O)C1O. The predicted octanol–water partition coefficient (Wildman–Crippen LogP) is 9.80. The van der Waals surface area contributed by atoms with Crippen LogP contribution < -0.4 is 0 Å². The maximum Gasteiger partial charge on any atom is 0.306 e. The van der Waals surface area contributed by atoms with Crippen LogP contribution in [0.3, 0.4) is 0 Å². The summed E-state index contributed by atoms with van der Waals surface area (Å²) in [6.45, 7) is 3.70. The van der Waals surface area contributed by atoms with E-state index in [2.05, 4.69) is 26.0 Å². The Morgan fingerprint density at radius 2 is 0.843 bits per heavy atom. The lowest BCUT2D eigenvalue weighted by molar-refractivity contribution is -0.332. The Morgan fingerprint density at radius 3 is 1.33 bits per heavy atom. The molecule has 2 aliphatic heterocycles. The molecule has 0 radical (unpaired) electrons. The van der Waals surface area contributed by atoms with Crippen molar-refractivity contribution < 1.29 is 69.0 Å². The summed E-state index contributed by atoms with van der Waals surface area (Å²) >= 11 is 0. The molecule has 0 saturated carbocycles. The van der Waals surface area contributed by atoms with Gasteiger partial charge in [0.1, 0.15) is 54.9 Å². The lowest BCUT2D eigenvalue weighted by Gasteiger charge is -2.42. The standard InChI is InChI=1S/C56H106O14/c1-3-5-7-9-11-13-15-17-18-19-20-21-22-23-24-25-26-27-28-30-32-34-36-38-40-65-42-45(68-48(58)39-37-35-33-31-29-16-14-12-10-8-6-4-2)43-66-55-54(64)52(62)50(60)47(70-55)44-67-56-53(63)51(61)49(59)46(41-57)69-56/h12,14,45-47,49-57,59-64H,3-11,13,15-44H2,1-2H3/b14-12-. The van der Waals surface area contributed by atoms with E-state index in [1.54, 1.807) is 0 Å². The molecule has 0 aromatic carbocycles. The zero-order valence-electron chi connectivity index (χ0n) is 44.3. The largest absolute Gasteiger partial charge is 0.457 e. The Hall–Kier alpha value is -1.27. The second-order valence-electron chi connectivity index (χ2n) is 20.5. The minimum absolute atomic E-state index is 0.0642. The number of hydrogen-bond donors (Lipinski definition) is 7. The number of unbranched alkanes of at least 4 members (excludes halogenated alkanes) is 31. The summed E-state index contributed by atoms with van der Waals surface area (Å²) < 4.78 is 34.3. The van der Waals surface area contributed by atoms with Gasteiger partial charge in [-0.15, -0.1) is 0 Å². The van der Waals surface area contributed by atoms with Gasteiger partial charge in [0.2, 0.25) is 0 Å². The summed E-state index contributed by atoms with van der Waals surface area (Å²) in [5.74, 6) is -0.381. The van der Waals surface area contributed by atoms with Gasteiger partial charge in [0.15, 0.2) is 12.6 Å². The van der Waals surface area contributed by atoms with Gasteiger partial charge in [0, 0.05) is 13.0 Å². The Labute approximate surface area is 425 Å². The fraction of sp³-hybridized carbons (Fsp3) is 0.946. The average molecular weight is 1000 g/mol. The first-order valence-corrected chi connectivity index (χ1v) is 28.8. The van der Waals surface area contributed by atoms with E-state index >= 15 is 0 Å². The lowest BCUT2D eigenvalue weighted by Crippen LogP contribution is -2.61. The van der Waals surface area contributed by atoms with Crippen LogP contribution >= 0.6 is 0 Å². The van der Waals surface area contributed by atoms with E-state index < -0.39 is 80.7 Å². The van der Waals surface area contributed by atoms with Crippen molar-refractivity contribution >= 4 is 5.97 Å². The minimum Gasteiger partial charge on any atom is -0.457 e. The van der Waals surface area contributed by atoms with Crippen molar-refractivity contribution in [2.75, 3.05) is 33.0 Å². The van der Waals surface area contributed by atoms with Crippen molar-refractivity contribution in [2.45, 2.75) is 306 Å². The van der Waals surface area contributed by atoms with Crippen LogP contribution in [-0.2, 0) is 33.2 Å². The molecule has 0 bridgehead atoms. The van der Waals surface area contributed by atoms with Crippen LogP contribution in [0.2, 0.25) is 0 Å². The van der Waals surface area contributed by atoms with Crippen LogP contribution in [0, 0.1) is 0 Å². The molecule has 2 fully saturated rings. The highest BCUT2D eigenvalue weighted by molar-refractivity contribution is 5.69. The molecule has 2 heterocycles.